The number of rotatable bonds is 1. The molecule has 0 spiro atoms. The van der Waals surface area contributed by atoms with Crippen LogP contribution in [0.15, 0.2) is 0 Å². The number of hydrogen-bond acceptors (Lipinski definition) is 2. The molecule has 0 unspecified atom stereocenters. The topological polar surface area (TPSA) is 46.2 Å². The van der Waals surface area contributed by atoms with Gasteiger partial charge >= 0.3 is 0 Å². The quantitative estimate of drug-likeness (QED) is 0.472. The molecule has 0 rings (SSSR count). The Kier molecular flexibility index (Phi) is 0.226. The molecule has 0 radical (unpaired) electrons. The average molecular weight is 97.2 g/mol. The third-order valence-electron chi connectivity index (χ3n) is 0.209. The Morgan fingerprint density at radius 2 is 2.67 bits per heavy atom. The Morgan fingerprint density at radius 3 is 2.67 bits per heavy atom. The van der Waals surface area contributed by atoms with Crippen LogP contribution in [-0.2, 0) is 0 Å². The average Bonchev–Trinajstić information content (AvgIpc) is 1.77. The number of nitrogens with two attached hydrogens (primary N) is 1. The summed E-state index contributed by atoms with van der Waals surface area (Å²) < 4.78 is 54.5. The third kappa shape index (κ3) is 3.92. The van der Waals surface area contributed by atoms with E-state index in [0.717, 1.165) is 0 Å². The second-order valence-electron chi connectivity index (χ2n) is 0.855. The predicted octanol–water partition coefficient (Wildman–Crippen LogP) is -0.284. The summed E-state index contributed by atoms with van der Waals surface area (Å²) >= 11 is 0. The van der Waals surface area contributed by atoms with Crippen LogP contribution in [0.3, 0.4) is 0 Å². The minimum Gasteiger partial charge on any atom is -0.389 e. The van der Waals surface area contributed by atoms with Gasteiger partial charge in [0.05, 0.1) is 5.60 Å². The smallest absolute Gasteiger partial charge is 0.0713 e. The highest BCUT2D eigenvalue weighted by Gasteiger charge is 2.06. The summed E-state index contributed by atoms with van der Waals surface area (Å²) in [6, 6.07) is 0. The van der Waals surface area contributed by atoms with Crippen molar-refractivity contribution in [2.75, 3.05) is 6.50 Å². The molecule has 0 atom stereocenters. The van der Waals surface area contributed by atoms with Crippen molar-refractivity contribution < 1.29 is 16.1 Å². The van der Waals surface area contributed by atoms with E-state index >= 15 is 0 Å². The van der Waals surface area contributed by atoms with Crippen LogP contribution in [0.2, 0.25) is 0 Å². The molecule has 0 aliphatic rings. The molecule has 0 aliphatic heterocycles. The van der Waals surface area contributed by atoms with Gasteiger partial charge in [0.2, 0.25) is 0 Å². The molecule has 0 saturated heterocycles. The Hall–Kier alpha value is -0.0800. The van der Waals surface area contributed by atoms with E-state index in [1.165, 1.54) is 0 Å². The second-order valence-corrected chi connectivity index (χ2v) is 0.855. The molecule has 6 heavy (non-hydrogen) atoms. The molecule has 2 heteroatoms. The summed E-state index contributed by atoms with van der Waals surface area (Å²) in [5.41, 5.74) is 1.17. The second kappa shape index (κ2) is 1.58. The monoisotopic (exact) mass is 97.1 g/mol. The van der Waals surface area contributed by atoms with Crippen LogP contribution in [0.25, 0.3) is 0 Å². The molecule has 0 heterocycles. The first-order valence-corrected chi connectivity index (χ1v) is 1.26. The first-order valence-electron chi connectivity index (χ1n) is 5.26. The highest BCUT2D eigenvalue weighted by atomic mass is 16.3. The van der Waals surface area contributed by atoms with E-state index in [2.05, 4.69) is 0 Å². The summed E-state index contributed by atoms with van der Waals surface area (Å²) in [5, 5.41) is 9.40. The van der Waals surface area contributed by atoms with Gasteiger partial charge in [0.25, 0.3) is 0 Å². The van der Waals surface area contributed by atoms with E-state index < -0.39 is 25.8 Å². The van der Waals surface area contributed by atoms with Crippen LogP contribution in [0.4, 0.5) is 0 Å². The van der Waals surface area contributed by atoms with E-state index in [9.17, 15) is 5.11 Å². The lowest BCUT2D eigenvalue weighted by Gasteiger charge is -2.11. The Bertz CT molecular complexity index is 175. The molecule has 0 amide bonds. The molecule has 0 aromatic rings. The molecule has 0 fully saturated rings. The van der Waals surface area contributed by atoms with Crippen molar-refractivity contribution in [3.05, 3.63) is 0 Å². The maximum Gasteiger partial charge on any atom is 0.0713 e. The van der Waals surface area contributed by atoms with Gasteiger partial charge in [0, 0.05) is 17.5 Å². The third-order valence-corrected chi connectivity index (χ3v) is 0.209. The molecule has 0 bridgehead atoms. The molecule has 0 aromatic heterocycles. The molecule has 38 valence electrons. The molecule has 0 saturated carbocycles. The van der Waals surface area contributed by atoms with Gasteiger partial charge in [0.15, 0.2) is 0 Å². The standard InChI is InChI=1S/C4H11NO/c1-4(2,6)3-5/h6H,3,5H2,1-2H3/i1D3,2D3,3D2. The molecule has 3 N–H and O–H groups in total. The summed E-state index contributed by atoms with van der Waals surface area (Å²) in [6.07, 6.45) is 0. The highest BCUT2D eigenvalue weighted by Crippen LogP contribution is 1.93. The van der Waals surface area contributed by atoms with Gasteiger partial charge in [-0.2, -0.15) is 0 Å². The van der Waals surface area contributed by atoms with Crippen LogP contribution in [0.1, 0.15) is 24.7 Å². The normalized spacial score (nSPS) is 38.3. The van der Waals surface area contributed by atoms with Gasteiger partial charge in [-0.25, -0.2) is 0 Å². The molecule has 0 aliphatic carbocycles. The first-order chi connectivity index (χ1) is 5.75. The van der Waals surface area contributed by atoms with Crippen molar-refractivity contribution in [2.24, 2.45) is 5.73 Å². The lowest BCUT2D eigenvalue weighted by molar-refractivity contribution is 0.0898. The Morgan fingerprint density at radius 1 is 2.17 bits per heavy atom. The van der Waals surface area contributed by atoms with Crippen LogP contribution in [0, 0.1) is 0 Å². The van der Waals surface area contributed by atoms with Crippen LogP contribution in [-0.4, -0.2) is 17.2 Å². The van der Waals surface area contributed by atoms with Crippen molar-refractivity contribution in [3.8, 4) is 0 Å². The van der Waals surface area contributed by atoms with Gasteiger partial charge < -0.3 is 10.8 Å². The number of hydrogen-bond donors (Lipinski definition) is 2. The SMILES string of the molecule is [2H]C([2H])([2H])C(O)(C([2H])([2H])[2H])C([2H])([2H])N. The van der Waals surface area contributed by atoms with Crippen molar-refractivity contribution in [1.29, 1.82) is 0 Å². The maximum absolute atomic E-state index is 9.40. The van der Waals surface area contributed by atoms with E-state index in [0.29, 0.717) is 0 Å². The van der Waals surface area contributed by atoms with Crippen LogP contribution >= 0.6 is 0 Å². The maximum atomic E-state index is 9.40. The van der Waals surface area contributed by atoms with E-state index in [4.69, 9.17) is 16.7 Å². The number of aliphatic hydroxyl groups is 1. The molecular weight excluding hydrogens is 78.0 g/mol. The minimum atomic E-state index is -3.58. The lowest BCUT2D eigenvalue weighted by Crippen LogP contribution is -2.29. The Balaban J connectivity index is 5.54. The Labute approximate surface area is 49.2 Å². The summed E-state index contributed by atoms with van der Waals surface area (Å²) in [5.74, 6) is 0. The predicted molar refractivity (Wildman–Crippen MR) is 25.4 cm³/mol. The zero-order chi connectivity index (χ0) is 12.0. The minimum absolute atomic E-state index is 3.25. The van der Waals surface area contributed by atoms with Gasteiger partial charge in [-0.05, 0) is 13.7 Å². The van der Waals surface area contributed by atoms with Crippen molar-refractivity contribution in [3.63, 3.8) is 0 Å². The fraction of sp³-hybridized carbons (Fsp3) is 1.00. The van der Waals surface area contributed by atoms with Gasteiger partial charge in [0.1, 0.15) is 0 Å². The van der Waals surface area contributed by atoms with Gasteiger partial charge in [-0.3, -0.25) is 0 Å². The zero-order valence-corrected chi connectivity index (χ0v) is 3.02. The van der Waals surface area contributed by atoms with E-state index in [1.54, 1.807) is 0 Å². The van der Waals surface area contributed by atoms with Crippen molar-refractivity contribution in [2.45, 2.75) is 19.3 Å². The van der Waals surface area contributed by atoms with Gasteiger partial charge in [-0.15, -0.1) is 0 Å². The fourth-order valence-electron chi connectivity index (χ4n) is 0. The van der Waals surface area contributed by atoms with Crippen molar-refractivity contribution in [1.82, 2.24) is 0 Å². The molecule has 0 aromatic carbocycles. The lowest BCUT2D eigenvalue weighted by atomic mass is 10.1. The summed E-state index contributed by atoms with van der Waals surface area (Å²) in [4.78, 5) is 0. The largest absolute Gasteiger partial charge is 0.389 e. The molecular formula is C4H11NO. The van der Waals surface area contributed by atoms with E-state index in [-0.39, 0.29) is 0 Å². The molecule has 2 nitrogen and oxygen atoms in total. The fourth-order valence-corrected chi connectivity index (χ4v) is 0. The van der Waals surface area contributed by atoms with Crippen LogP contribution < -0.4 is 5.73 Å². The van der Waals surface area contributed by atoms with Gasteiger partial charge in [-0.1, -0.05) is 0 Å². The van der Waals surface area contributed by atoms with Crippen molar-refractivity contribution >= 4 is 0 Å². The van der Waals surface area contributed by atoms with Crippen LogP contribution in [0.5, 0.6) is 0 Å². The van der Waals surface area contributed by atoms with E-state index in [1.807, 2.05) is 0 Å². The summed E-state index contributed by atoms with van der Waals surface area (Å²) in [7, 11) is 0. The summed E-state index contributed by atoms with van der Waals surface area (Å²) in [6.45, 7) is -10.1. The highest BCUT2D eigenvalue weighted by molar-refractivity contribution is 4.63. The first kappa shape index (κ1) is 0.858. The zero-order valence-electron chi connectivity index (χ0n) is 11.0.